The second-order valence-electron chi connectivity index (χ2n) is 5.60. The van der Waals surface area contributed by atoms with Crippen molar-refractivity contribution in [1.82, 2.24) is 4.31 Å². The fourth-order valence-electron chi connectivity index (χ4n) is 2.93. The van der Waals surface area contributed by atoms with Gasteiger partial charge >= 0.3 is 0 Å². The van der Waals surface area contributed by atoms with E-state index in [9.17, 15) is 18.5 Å². The molecule has 0 atom stereocenters. The van der Waals surface area contributed by atoms with Crippen LogP contribution in [0, 0.1) is 16.0 Å². The third-order valence-electron chi connectivity index (χ3n) is 4.22. The summed E-state index contributed by atoms with van der Waals surface area (Å²) in [6.45, 7) is 1.97. The summed E-state index contributed by atoms with van der Waals surface area (Å²) in [4.78, 5) is 10.2. The van der Waals surface area contributed by atoms with Crippen LogP contribution in [0.4, 0.5) is 5.69 Å². The molecular weight excluding hydrogens is 324 g/mol. The number of nitro benzene ring substituents is 1. The molecule has 0 amide bonds. The van der Waals surface area contributed by atoms with Crippen molar-refractivity contribution in [3.63, 3.8) is 0 Å². The summed E-state index contributed by atoms with van der Waals surface area (Å²) in [5.41, 5.74) is -0.127. The highest BCUT2D eigenvalue weighted by Crippen LogP contribution is 2.29. The molecule has 0 unspecified atom stereocenters. The molecule has 9 heteroatoms. The van der Waals surface area contributed by atoms with E-state index in [0.717, 1.165) is 0 Å². The van der Waals surface area contributed by atoms with Gasteiger partial charge in [0.2, 0.25) is 10.0 Å². The minimum absolute atomic E-state index is 0.0786. The van der Waals surface area contributed by atoms with Crippen LogP contribution in [-0.4, -0.2) is 50.2 Å². The minimum atomic E-state index is -3.62. The first kappa shape index (κ1) is 16.3. The Morgan fingerprint density at radius 1 is 1.09 bits per heavy atom. The van der Waals surface area contributed by atoms with E-state index in [-0.39, 0.29) is 22.8 Å². The van der Waals surface area contributed by atoms with Gasteiger partial charge in [-0.15, -0.1) is 0 Å². The van der Waals surface area contributed by atoms with Gasteiger partial charge in [0.15, 0.2) is 6.29 Å². The highest BCUT2D eigenvalue weighted by molar-refractivity contribution is 7.89. The first-order valence-corrected chi connectivity index (χ1v) is 8.90. The van der Waals surface area contributed by atoms with Gasteiger partial charge in [0.05, 0.1) is 23.0 Å². The van der Waals surface area contributed by atoms with Crippen molar-refractivity contribution in [2.45, 2.75) is 24.0 Å². The van der Waals surface area contributed by atoms with Crippen molar-refractivity contribution in [3.05, 3.63) is 34.4 Å². The third kappa shape index (κ3) is 3.37. The van der Waals surface area contributed by atoms with Crippen LogP contribution >= 0.6 is 0 Å². The predicted octanol–water partition coefficient (Wildman–Crippen LogP) is 1.37. The Labute approximate surface area is 134 Å². The Kier molecular flexibility index (Phi) is 4.62. The monoisotopic (exact) mass is 342 g/mol. The maximum Gasteiger partial charge on any atom is 0.269 e. The lowest BCUT2D eigenvalue weighted by Gasteiger charge is -2.33. The summed E-state index contributed by atoms with van der Waals surface area (Å²) in [6, 6.07) is 4.98. The van der Waals surface area contributed by atoms with Gasteiger partial charge in [-0.1, -0.05) is 0 Å². The molecule has 126 valence electrons. The second kappa shape index (κ2) is 6.52. The Balaban J connectivity index is 1.67. The van der Waals surface area contributed by atoms with Crippen LogP contribution in [0.3, 0.4) is 0 Å². The molecule has 1 aromatic rings. The zero-order valence-electron chi connectivity index (χ0n) is 12.5. The normalized spacial score (nSPS) is 21.6. The topological polar surface area (TPSA) is 99.0 Å². The van der Waals surface area contributed by atoms with Crippen molar-refractivity contribution in [2.75, 3.05) is 26.3 Å². The lowest BCUT2D eigenvalue weighted by molar-refractivity contribution is -0.384. The van der Waals surface area contributed by atoms with Crippen molar-refractivity contribution in [3.8, 4) is 0 Å². The van der Waals surface area contributed by atoms with E-state index in [0.29, 0.717) is 39.1 Å². The van der Waals surface area contributed by atoms with E-state index in [4.69, 9.17) is 9.47 Å². The molecule has 2 heterocycles. The van der Waals surface area contributed by atoms with Gasteiger partial charge < -0.3 is 9.47 Å². The molecular formula is C14H18N2O6S. The Bertz CT molecular complexity index is 661. The van der Waals surface area contributed by atoms with E-state index in [1.807, 2.05) is 0 Å². The molecule has 8 nitrogen and oxygen atoms in total. The van der Waals surface area contributed by atoms with E-state index < -0.39 is 14.9 Å². The van der Waals surface area contributed by atoms with Crippen LogP contribution in [0.15, 0.2) is 29.2 Å². The van der Waals surface area contributed by atoms with Crippen molar-refractivity contribution in [1.29, 1.82) is 0 Å². The number of rotatable bonds is 4. The number of nitro groups is 1. The zero-order chi connectivity index (χ0) is 16.4. The molecule has 2 saturated heterocycles. The average molecular weight is 342 g/mol. The van der Waals surface area contributed by atoms with Crippen LogP contribution in [0.1, 0.15) is 12.8 Å². The Morgan fingerprint density at radius 2 is 1.65 bits per heavy atom. The fraction of sp³-hybridized carbons (Fsp3) is 0.571. The van der Waals surface area contributed by atoms with Gasteiger partial charge in [0.1, 0.15) is 0 Å². The lowest BCUT2D eigenvalue weighted by atomic mass is 9.98. The number of non-ortho nitro benzene ring substituents is 1. The minimum Gasteiger partial charge on any atom is -0.350 e. The SMILES string of the molecule is O=[N+]([O-])c1ccc(S(=O)(=O)N2CCC(C3OCCO3)CC2)cc1. The molecule has 2 fully saturated rings. The van der Waals surface area contributed by atoms with E-state index in [1.54, 1.807) is 0 Å². The van der Waals surface area contributed by atoms with Crippen LogP contribution in [-0.2, 0) is 19.5 Å². The summed E-state index contributed by atoms with van der Waals surface area (Å²) >= 11 is 0. The molecule has 2 aliphatic rings. The molecule has 0 aliphatic carbocycles. The van der Waals surface area contributed by atoms with Crippen LogP contribution in [0.25, 0.3) is 0 Å². The summed E-state index contributed by atoms with van der Waals surface area (Å²) in [6.07, 6.45) is 1.13. The quantitative estimate of drug-likeness (QED) is 0.605. The molecule has 0 N–H and O–H groups in total. The molecule has 3 rings (SSSR count). The molecule has 0 aromatic heterocycles. The van der Waals surface area contributed by atoms with E-state index >= 15 is 0 Å². The number of nitrogens with zero attached hydrogens (tertiary/aromatic N) is 2. The Hall–Kier alpha value is -1.55. The standard InChI is InChI=1S/C14H18N2O6S/c17-16(18)12-1-3-13(4-2-12)23(19,20)15-7-5-11(6-8-15)14-21-9-10-22-14/h1-4,11,14H,5-10H2. The molecule has 1 aromatic carbocycles. The average Bonchev–Trinajstić information content (AvgIpc) is 3.09. The van der Waals surface area contributed by atoms with E-state index in [2.05, 4.69) is 0 Å². The zero-order valence-corrected chi connectivity index (χ0v) is 13.3. The largest absolute Gasteiger partial charge is 0.350 e. The van der Waals surface area contributed by atoms with Gasteiger partial charge in [-0.05, 0) is 25.0 Å². The molecule has 0 saturated carbocycles. The third-order valence-corrected chi connectivity index (χ3v) is 6.13. The summed E-state index contributed by atoms with van der Waals surface area (Å²) in [5, 5.41) is 10.6. The van der Waals surface area contributed by atoms with Gasteiger partial charge in [0.25, 0.3) is 5.69 Å². The van der Waals surface area contributed by atoms with Gasteiger partial charge in [-0.25, -0.2) is 8.42 Å². The molecule has 0 radical (unpaired) electrons. The lowest BCUT2D eigenvalue weighted by Crippen LogP contribution is -2.41. The number of hydrogen-bond acceptors (Lipinski definition) is 6. The highest BCUT2D eigenvalue weighted by atomic mass is 32.2. The smallest absolute Gasteiger partial charge is 0.269 e. The van der Waals surface area contributed by atoms with Gasteiger partial charge in [-0.3, -0.25) is 10.1 Å². The Morgan fingerprint density at radius 3 is 2.17 bits per heavy atom. The molecule has 0 bridgehead atoms. The number of piperidine rings is 1. The van der Waals surface area contributed by atoms with Crippen LogP contribution < -0.4 is 0 Å². The first-order valence-electron chi connectivity index (χ1n) is 7.46. The highest BCUT2D eigenvalue weighted by Gasteiger charge is 2.34. The first-order chi connectivity index (χ1) is 11.0. The maximum atomic E-state index is 12.6. The molecule has 0 spiro atoms. The van der Waals surface area contributed by atoms with Crippen LogP contribution in [0.2, 0.25) is 0 Å². The molecule has 2 aliphatic heterocycles. The number of hydrogen-bond donors (Lipinski definition) is 0. The summed E-state index contributed by atoms with van der Waals surface area (Å²) in [7, 11) is -3.62. The van der Waals surface area contributed by atoms with Crippen molar-refractivity contribution >= 4 is 15.7 Å². The second-order valence-corrected chi connectivity index (χ2v) is 7.54. The van der Waals surface area contributed by atoms with Gasteiger partial charge in [0, 0.05) is 31.1 Å². The number of sulfonamides is 1. The fourth-order valence-corrected chi connectivity index (χ4v) is 4.40. The van der Waals surface area contributed by atoms with Crippen molar-refractivity contribution in [2.24, 2.45) is 5.92 Å². The van der Waals surface area contributed by atoms with Gasteiger partial charge in [-0.2, -0.15) is 4.31 Å². The number of benzene rings is 1. The summed E-state index contributed by atoms with van der Waals surface area (Å²) < 4.78 is 37.6. The molecule has 23 heavy (non-hydrogen) atoms. The number of ether oxygens (including phenoxy) is 2. The van der Waals surface area contributed by atoms with Crippen LogP contribution in [0.5, 0.6) is 0 Å². The van der Waals surface area contributed by atoms with E-state index in [1.165, 1.54) is 28.6 Å². The summed E-state index contributed by atoms with van der Waals surface area (Å²) in [5.74, 6) is 0.209. The predicted molar refractivity (Wildman–Crippen MR) is 80.3 cm³/mol. The maximum absolute atomic E-state index is 12.6. The van der Waals surface area contributed by atoms with Crippen molar-refractivity contribution < 1.29 is 22.8 Å².